The Morgan fingerprint density at radius 3 is 2.72 bits per heavy atom. The quantitative estimate of drug-likeness (QED) is 0.735. The smallest absolute Gasteiger partial charge is 0.0909 e. The molecule has 0 spiro atoms. The molecule has 1 unspecified atom stereocenters. The van der Waals surface area contributed by atoms with Crippen molar-refractivity contribution in [2.24, 2.45) is 4.99 Å². The maximum atomic E-state index is 5.86. The molecular formula is C15H19ClN2. The molecule has 2 rings (SSSR count). The van der Waals surface area contributed by atoms with Crippen LogP contribution in [0.5, 0.6) is 0 Å². The zero-order valence-corrected chi connectivity index (χ0v) is 11.5. The van der Waals surface area contributed by atoms with Gasteiger partial charge in [0.15, 0.2) is 0 Å². The van der Waals surface area contributed by atoms with E-state index in [-0.39, 0.29) is 0 Å². The van der Waals surface area contributed by atoms with Crippen LogP contribution in [-0.2, 0) is 6.42 Å². The van der Waals surface area contributed by atoms with Crippen LogP contribution in [0.3, 0.4) is 0 Å². The zero-order valence-electron chi connectivity index (χ0n) is 10.7. The lowest BCUT2D eigenvalue weighted by Gasteiger charge is -2.26. The summed E-state index contributed by atoms with van der Waals surface area (Å²) in [6, 6.07) is 8.60. The van der Waals surface area contributed by atoms with Crippen LogP contribution in [0.25, 0.3) is 0 Å². The van der Waals surface area contributed by atoms with Gasteiger partial charge in [0.2, 0.25) is 0 Å². The molecule has 0 saturated heterocycles. The molecule has 0 aliphatic carbocycles. The highest BCUT2D eigenvalue weighted by Gasteiger charge is 2.08. The molecule has 1 aliphatic heterocycles. The molecule has 0 aromatic heterocycles. The number of halogens is 1. The fraction of sp³-hybridized carbons (Fsp3) is 0.400. The van der Waals surface area contributed by atoms with Gasteiger partial charge in [-0.1, -0.05) is 23.7 Å². The summed E-state index contributed by atoms with van der Waals surface area (Å²) in [5, 5.41) is 0.809. The lowest BCUT2D eigenvalue weighted by Crippen LogP contribution is -2.32. The van der Waals surface area contributed by atoms with E-state index in [0.29, 0.717) is 6.04 Å². The fourth-order valence-corrected chi connectivity index (χ4v) is 2.18. The third-order valence-corrected chi connectivity index (χ3v) is 3.49. The van der Waals surface area contributed by atoms with E-state index in [2.05, 4.69) is 35.0 Å². The van der Waals surface area contributed by atoms with Crippen LogP contribution < -0.4 is 0 Å². The van der Waals surface area contributed by atoms with Crippen LogP contribution >= 0.6 is 11.6 Å². The van der Waals surface area contributed by atoms with Gasteiger partial charge >= 0.3 is 0 Å². The van der Waals surface area contributed by atoms with Crippen LogP contribution in [0.4, 0.5) is 0 Å². The lowest BCUT2D eigenvalue weighted by molar-refractivity contribution is 0.372. The zero-order chi connectivity index (χ0) is 12.8. The fourth-order valence-electron chi connectivity index (χ4n) is 2.05. The summed E-state index contributed by atoms with van der Waals surface area (Å²) in [7, 11) is 0. The Hall–Kier alpha value is -1.28. The Bertz CT molecular complexity index is 423. The standard InChI is InChI=1S/C15H19ClN2/c1-13-9-10-17-12-18(13)11-3-2-4-14-5-7-15(16)8-6-14/h5-10,12-13H,2-4,11H2,1H3. The predicted octanol–water partition coefficient (Wildman–Crippen LogP) is 3.91. The maximum Gasteiger partial charge on any atom is 0.0909 e. The van der Waals surface area contributed by atoms with Crippen LogP contribution in [0.1, 0.15) is 25.3 Å². The van der Waals surface area contributed by atoms with E-state index in [4.69, 9.17) is 11.6 Å². The molecule has 1 heterocycles. The third-order valence-electron chi connectivity index (χ3n) is 3.23. The summed E-state index contributed by atoms with van der Waals surface area (Å²) < 4.78 is 0. The normalized spacial score (nSPS) is 18.3. The Labute approximate surface area is 114 Å². The SMILES string of the molecule is CC1C=CN=CN1CCCCc1ccc(Cl)cc1. The summed E-state index contributed by atoms with van der Waals surface area (Å²) in [6.07, 6.45) is 9.43. The molecule has 0 bridgehead atoms. The van der Waals surface area contributed by atoms with Gasteiger partial charge in [0, 0.05) is 23.8 Å². The summed E-state index contributed by atoms with van der Waals surface area (Å²) in [6.45, 7) is 3.27. The first kappa shape index (κ1) is 13.2. The second kappa shape index (κ2) is 6.60. The number of aryl methyl sites for hydroxylation is 1. The van der Waals surface area contributed by atoms with Crippen molar-refractivity contribution in [3.63, 3.8) is 0 Å². The molecule has 1 aromatic carbocycles. The van der Waals surface area contributed by atoms with Crippen molar-refractivity contribution in [1.29, 1.82) is 0 Å². The van der Waals surface area contributed by atoms with Gasteiger partial charge in [-0.15, -0.1) is 0 Å². The van der Waals surface area contributed by atoms with E-state index in [1.165, 1.54) is 18.4 Å². The van der Waals surface area contributed by atoms with Gasteiger partial charge in [-0.3, -0.25) is 0 Å². The number of rotatable bonds is 5. The molecule has 96 valence electrons. The number of benzene rings is 1. The van der Waals surface area contributed by atoms with Crippen LogP contribution in [-0.4, -0.2) is 23.8 Å². The number of hydrogen-bond acceptors (Lipinski definition) is 2. The molecule has 1 aliphatic rings. The molecule has 0 amide bonds. The van der Waals surface area contributed by atoms with Crippen molar-refractivity contribution in [2.75, 3.05) is 6.54 Å². The molecule has 2 nitrogen and oxygen atoms in total. The van der Waals surface area contributed by atoms with Gasteiger partial charge in [-0.05, 0) is 50.0 Å². The second-order valence-electron chi connectivity index (χ2n) is 4.67. The van der Waals surface area contributed by atoms with Crippen LogP contribution in [0, 0.1) is 0 Å². The highest BCUT2D eigenvalue weighted by Crippen LogP contribution is 2.12. The summed E-state index contributed by atoms with van der Waals surface area (Å²) in [4.78, 5) is 6.44. The van der Waals surface area contributed by atoms with Crippen LogP contribution in [0.2, 0.25) is 5.02 Å². The molecule has 0 saturated carbocycles. The number of hydrogen-bond donors (Lipinski definition) is 0. The highest BCUT2D eigenvalue weighted by molar-refractivity contribution is 6.30. The Morgan fingerprint density at radius 2 is 2.00 bits per heavy atom. The molecule has 18 heavy (non-hydrogen) atoms. The molecule has 0 N–H and O–H groups in total. The molecule has 0 fully saturated rings. The minimum atomic E-state index is 0.470. The van der Waals surface area contributed by atoms with Gasteiger partial charge in [-0.25, -0.2) is 4.99 Å². The topological polar surface area (TPSA) is 15.6 Å². The lowest BCUT2D eigenvalue weighted by atomic mass is 10.1. The Balaban J connectivity index is 1.68. The highest BCUT2D eigenvalue weighted by atomic mass is 35.5. The van der Waals surface area contributed by atoms with Crippen molar-refractivity contribution in [3.8, 4) is 0 Å². The first-order valence-corrected chi connectivity index (χ1v) is 6.83. The molecule has 1 atom stereocenters. The first-order chi connectivity index (χ1) is 8.75. The van der Waals surface area contributed by atoms with E-state index in [9.17, 15) is 0 Å². The molecule has 3 heteroatoms. The van der Waals surface area contributed by atoms with Crippen molar-refractivity contribution in [1.82, 2.24) is 4.90 Å². The Kier molecular flexibility index (Phi) is 4.82. The van der Waals surface area contributed by atoms with Gasteiger partial charge in [0.05, 0.1) is 6.34 Å². The van der Waals surface area contributed by atoms with Crippen molar-refractivity contribution in [2.45, 2.75) is 32.2 Å². The van der Waals surface area contributed by atoms with Crippen molar-refractivity contribution in [3.05, 3.63) is 47.1 Å². The summed E-state index contributed by atoms with van der Waals surface area (Å²) in [5.41, 5.74) is 1.36. The third kappa shape index (κ3) is 3.88. The number of unbranched alkanes of at least 4 members (excludes halogenated alkanes) is 1. The molecule has 0 radical (unpaired) electrons. The number of nitrogens with zero attached hydrogens (tertiary/aromatic N) is 2. The van der Waals surface area contributed by atoms with Gasteiger partial charge in [0.1, 0.15) is 0 Å². The Morgan fingerprint density at radius 1 is 1.22 bits per heavy atom. The predicted molar refractivity (Wildman–Crippen MR) is 78.2 cm³/mol. The van der Waals surface area contributed by atoms with E-state index < -0.39 is 0 Å². The minimum Gasteiger partial charge on any atom is -0.356 e. The summed E-state index contributed by atoms with van der Waals surface area (Å²) in [5.74, 6) is 0. The van der Waals surface area contributed by atoms with Crippen molar-refractivity contribution < 1.29 is 0 Å². The van der Waals surface area contributed by atoms with E-state index >= 15 is 0 Å². The minimum absolute atomic E-state index is 0.470. The maximum absolute atomic E-state index is 5.86. The molecular weight excluding hydrogens is 244 g/mol. The van der Waals surface area contributed by atoms with Gasteiger partial charge < -0.3 is 4.90 Å². The average Bonchev–Trinajstić information content (AvgIpc) is 2.39. The van der Waals surface area contributed by atoms with Gasteiger partial charge in [-0.2, -0.15) is 0 Å². The first-order valence-electron chi connectivity index (χ1n) is 6.46. The average molecular weight is 263 g/mol. The molecule has 1 aromatic rings. The monoisotopic (exact) mass is 262 g/mol. The van der Waals surface area contributed by atoms with E-state index in [1.807, 2.05) is 24.7 Å². The van der Waals surface area contributed by atoms with Crippen molar-refractivity contribution >= 4 is 17.9 Å². The van der Waals surface area contributed by atoms with E-state index in [1.54, 1.807) is 0 Å². The van der Waals surface area contributed by atoms with E-state index in [0.717, 1.165) is 18.0 Å². The summed E-state index contributed by atoms with van der Waals surface area (Å²) >= 11 is 5.86. The second-order valence-corrected chi connectivity index (χ2v) is 5.10. The van der Waals surface area contributed by atoms with Crippen LogP contribution in [0.15, 0.2) is 41.5 Å². The number of aliphatic imine (C=N–C) groups is 1. The largest absolute Gasteiger partial charge is 0.356 e. The van der Waals surface area contributed by atoms with Gasteiger partial charge in [0.25, 0.3) is 0 Å².